The largest absolute Gasteiger partial charge is 0.361 e. The first-order valence-electron chi connectivity index (χ1n) is 3.90. The molecule has 0 aliphatic carbocycles. The summed E-state index contributed by atoms with van der Waals surface area (Å²) in [6.07, 6.45) is 0. The molecule has 5 nitrogen and oxygen atoms in total. The van der Waals surface area contributed by atoms with Gasteiger partial charge in [0, 0.05) is 0 Å². The normalized spacial score (nSPS) is 11.2. The van der Waals surface area contributed by atoms with Crippen LogP contribution in [0.3, 0.4) is 0 Å². The summed E-state index contributed by atoms with van der Waals surface area (Å²) in [7, 11) is 0. The Morgan fingerprint density at radius 3 is 2.67 bits per heavy atom. The molecule has 0 bridgehead atoms. The lowest BCUT2D eigenvalue weighted by Crippen LogP contribution is -2.33. The lowest BCUT2D eigenvalue weighted by Gasteiger charge is -1.97. The minimum absolute atomic E-state index is 0.611. The number of nitrogens with two attached hydrogens (primary N) is 1. The smallest absolute Gasteiger partial charge is 0.329 e. The molecule has 15 heavy (non-hydrogen) atoms. The van der Waals surface area contributed by atoms with Gasteiger partial charge in [-0.2, -0.15) is 5.10 Å². The van der Waals surface area contributed by atoms with Crippen LogP contribution >= 0.6 is 27.3 Å². The monoisotopic (exact) mass is 289 g/mol. The molecule has 3 N–H and O–H groups in total. The van der Waals surface area contributed by atoms with Crippen molar-refractivity contribution in [2.24, 2.45) is 10.8 Å². The highest BCUT2D eigenvalue weighted by atomic mass is 79.9. The van der Waals surface area contributed by atoms with E-state index in [0.717, 1.165) is 8.66 Å². The Kier molecular flexibility index (Phi) is 3.98. The molecule has 1 heterocycles. The maximum absolute atomic E-state index is 10.8. The number of carbonyl (C=O) groups is 2. The van der Waals surface area contributed by atoms with Crippen molar-refractivity contribution >= 4 is 44.8 Å². The van der Waals surface area contributed by atoms with Gasteiger partial charge in [0.2, 0.25) is 0 Å². The second kappa shape index (κ2) is 5.04. The van der Waals surface area contributed by atoms with Crippen molar-refractivity contribution in [2.45, 2.75) is 6.92 Å². The molecular formula is C8H8BrN3O2S. The van der Waals surface area contributed by atoms with E-state index in [1.165, 1.54) is 11.3 Å². The van der Waals surface area contributed by atoms with Crippen molar-refractivity contribution < 1.29 is 9.59 Å². The molecule has 0 radical (unpaired) electrons. The van der Waals surface area contributed by atoms with E-state index >= 15 is 0 Å². The predicted molar refractivity (Wildman–Crippen MR) is 61.6 cm³/mol. The van der Waals surface area contributed by atoms with Crippen LogP contribution in [0.5, 0.6) is 0 Å². The van der Waals surface area contributed by atoms with Gasteiger partial charge in [-0.3, -0.25) is 9.59 Å². The number of rotatable bonds is 2. The van der Waals surface area contributed by atoms with Crippen molar-refractivity contribution in [2.75, 3.05) is 0 Å². The van der Waals surface area contributed by atoms with E-state index in [4.69, 9.17) is 5.73 Å². The molecule has 0 aromatic carbocycles. The van der Waals surface area contributed by atoms with Crippen LogP contribution in [0.15, 0.2) is 21.0 Å². The highest BCUT2D eigenvalue weighted by Crippen LogP contribution is 2.22. The molecule has 0 unspecified atom stereocenters. The molecular weight excluding hydrogens is 282 g/mol. The number of nitrogens with zero attached hydrogens (tertiary/aromatic N) is 1. The zero-order valence-corrected chi connectivity index (χ0v) is 10.2. The Morgan fingerprint density at radius 1 is 1.53 bits per heavy atom. The first-order valence-corrected chi connectivity index (χ1v) is 5.51. The van der Waals surface area contributed by atoms with Crippen molar-refractivity contribution in [3.05, 3.63) is 20.8 Å². The van der Waals surface area contributed by atoms with Gasteiger partial charge in [0.25, 0.3) is 0 Å². The average molecular weight is 290 g/mol. The third-order valence-corrected chi connectivity index (χ3v) is 3.21. The van der Waals surface area contributed by atoms with Gasteiger partial charge in [-0.25, -0.2) is 5.43 Å². The van der Waals surface area contributed by atoms with E-state index in [-0.39, 0.29) is 0 Å². The fourth-order valence-corrected chi connectivity index (χ4v) is 2.08. The zero-order chi connectivity index (χ0) is 11.4. The third kappa shape index (κ3) is 3.45. The summed E-state index contributed by atoms with van der Waals surface area (Å²) in [5.74, 6) is -1.98. The van der Waals surface area contributed by atoms with Gasteiger partial charge in [-0.15, -0.1) is 11.3 Å². The molecule has 1 rings (SSSR count). The Labute approximate surface area is 98.5 Å². The van der Waals surface area contributed by atoms with Gasteiger partial charge in [0.15, 0.2) is 0 Å². The fourth-order valence-electron chi connectivity index (χ4n) is 0.754. The summed E-state index contributed by atoms with van der Waals surface area (Å²) in [4.78, 5) is 22.1. The highest BCUT2D eigenvalue weighted by molar-refractivity contribution is 9.11. The second-order valence-electron chi connectivity index (χ2n) is 2.61. The maximum Gasteiger partial charge on any atom is 0.329 e. The fraction of sp³-hybridized carbons (Fsp3) is 0.125. The summed E-state index contributed by atoms with van der Waals surface area (Å²) in [5, 5.41) is 3.73. The molecule has 0 saturated heterocycles. The predicted octanol–water partition coefficient (Wildman–Crippen LogP) is 0.836. The number of carbonyl (C=O) groups excluding carboxylic acids is 2. The van der Waals surface area contributed by atoms with Crippen LogP contribution in [0.1, 0.15) is 11.8 Å². The SMILES string of the molecule is C/C(=N/NC(=O)C(N)=O)c1ccc(Br)s1. The lowest BCUT2D eigenvalue weighted by atomic mass is 10.3. The molecule has 2 amide bonds. The van der Waals surface area contributed by atoms with Gasteiger partial charge in [0.05, 0.1) is 14.4 Å². The number of halogens is 1. The average Bonchev–Trinajstić information content (AvgIpc) is 2.60. The van der Waals surface area contributed by atoms with Crippen molar-refractivity contribution in [3.8, 4) is 0 Å². The molecule has 0 fully saturated rings. The summed E-state index contributed by atoms with van der Waals surface area (Å²) in [5.41, 5.74) is 7.41. The Bertz CT molecular complexity index is 427. The van der Waals surface area contributed by atoms with Gasteiger partial charge in [-0.1, -0.05) is 0 Å². The summed E-state index contributed by atoms with van der Waals surface area (Å²) in [6, 6.07) is 3.72. The number of hydrazone groups is 1. The zero-order valence-electron chi connectivity index (χ0n) is 7.78. The molecule has 0 saturated carbocycles. The van der Waals surface area contributed by atoms with Crippen LogP contribution in [0.25, 0.3) is 0 Å². The van der Waals surface area contributed by atoms with E-state index in [9.17, 15) is 9.59 Å². The van der Waals surface area contributed by atoms with E-state index in [1.807, 2.05) is 12.1 Å². The Balaban J connectivity index is 2.69. The first-order chi connectivity index (χ1) is 7.00. The van der Waals surface area contributed by atoms with E-state index in [2.05, 4.69) is 26.5 Å². The van der Waals surface area contributed by atoms with Gasteiger partial charge in [0.1, 0.15) is 0 Å². The summed E-state index contributed by atoms with van der Waals surface area (Å²) in [6.45, 7) is 1.72. The number of primary amides is 1. The third-order valence-electron chi connectivity index (χ3n) is 1.48. The molecule has 0 aliphatic heterocycles. The molecule has 0 spiro atoms. The maximum atomic E-state index is 10.8. The molecule has 0 aliphatic rings. The number of nitrogens with one attached hydrogen (secondary N) is 1. The van der Waals surface area contributed by atoms with Crippen LogP contribution in [0.2, 0.25) is 0 Å². The minimum atomic E-state index is -1.06. The second-order valence-corrected chi connectivity index (χ2v) is 5.07. The van der Waals surface area contributed by atoms with Crippen LogP contribution < -0.4 is 11.2 Å². The van der Waals surface area contributed by atoms with Crippen molar-refractivity contribution in [1.82, 2.24) is 5.43 Å². The summed E-state index contributed by atoms with van der Waals surface area (Å²) < 4.78 is 0.966. The van der Waals surface area contributed by atoms with E-state index in [1.54, 1.807) is 6.92 Å². The topological polar surface area (TPSA) is 84.6 Å². The summed E-state index contributed by atoms with van der Waals surface area (Å²) >= 11 is 4.78. The first kappa shape index (κ1) is 11.9. The molecule has 1 aromatic heterocycles. The quantitative estimate of drug-likeness (QED) is 0.480. The van der Waals surface area contributed by atoms with Gasteiger partial charge < -0.3 is 5.73 Å². The van der Waals surface area contributed by atoms with Crippen molar-refractivity contribution in [3.63, 3.8) is 0 Å². The van der Waals surface area contributed by atoms with Crippen LogP contribution in [-0.2, 0) is 9.59 Å². The molecule has 0 atom stereocenters. The highest BCUT2D eigenvalue weighted by Gasteiger charge is 2.07. The lowest BCUT2D eigenvalue weighted by molar-refractivity contribution is -0.137. The number of thiophene rings is 1. The van der Waals surface area contributed by atoms with Crippen LogP contribution in [0, 0.1) is 0 Å². The molecule has 80 valence electrons. The number of hydrogen-bond acceptors (Lipinski definition) is 4. The van der Waals surface area contributed by atoms with E-state index < -0.39 is 11.8 Å². The van der Waals surface area contributed by atoms with Gasteiger partial charge >= 0.3 is 11.8 Å². The standard InChI is InChI=1S/C8H8BrN3O2S/c1-4(5-2-3-6(9)15-5)11-12-8(14)7(10)13/h2-3H,1H3,(H2,10,13)(H,12,14)/b11-4-. The minimum Gasteiger partial charge on any atom is -0.361 e. The van der Waals surface area contributed by atoms with Gasteiger partial charge in [-0.05, 0) is 35.0 Å². The van der Waals surface area contributed by atoms with Crippen molar-refractivity contribution in [1.29, 1.82) is 0 Å². The van der Waals surface area contributed by atoms with E-state index in [0.29, 0.717) is 5.71 Å². The Morgan fingerprint density at radius 2 is 2.20 bits per heavy atom. The Hall–Kier alpha value is -1.21. The van der Waals surface area contributed by atoms with Crippen LogP contribution in [0.4, 0.5) is 0 Å². The molecule has 1 aromatic rings. The van der Waals surface area contributed by atoms with Crippen LogP contribution in [-0.4, -0.2) is 17.5 Å². The number of amides is 2. The number of hydrogen-bond donors (Lipinski definition) is 2. The molecule has 7 heteroatoms.